The van der Waals surface area contributed by atoms with Crippen LogP contribution in [0, 0.1) is 10.1 Å². The van der Waals surface area contributed by atoms with Crippen LogP contribution >= 0.6 is 0 Å². The number of aromatic nitrogens is 3. The van der Waals surface area contributed by atoms with Gasteiger partial charge in [0.2, 0.25) is 5.82 Å². The molecule has 0 bridgehead atoms. The van der Waals surface area contributed by atoms with E-state index in [2.05, 4.69) is 15.1 Å². The van der Waals surface area contributed by atoms with Gasteiger partial charge in [-0.05, 0) is 24.3 Å². The second kappa shape index (κ2) is 7.65. The number of nitrogens with two attached hydrogens (primary N) is 1. The number of fused-ring (bicyclic) bond motifs is 1. The van der Waals surface area contributed by atoms with E-state index in [1.54, 1.807) is 18.2 Å². The van der Waals surface area contributed by atoms with Gasteiger partial charge in [0.25, 0.3) is 11.6 Å². The van der Waals surface area contributed by atoms with Crippen molar-refractivity contribution in [2.75, 3.05) is 36.9 Å². The number of nitrogen functional groups attached to an aromatic ring is 1. The molecule has 0 amide bonds. The molecule has 2 aromatic heterocycles. The summed E-state index contributed by atoms with van der Waals surface area (Å²) in [5.41, 5.74) is 8.33. The van der Waals surface area contributed by atoms with Crippen molar-refractivity contribution in [3.63, 3.8) is 0 Å². The van der Waals surface area contributed by atoms with E-state index in [-0.39, 0.29) is 11.6 Å². The van der Waals surface area contributed by atoms with Crippen molar-refractivity contribution in [2.24, 2.45) is 0 Å². The molecular formula is C21H18N6O4. The first-order chi connectivity index (χ1) is 15.1. The summed E-state index contributed by atoms with van der Waals surface area (Å²) in [5.74, 6) is 0.858. The molecule has 1 fully saturated rings. The highest BCUT2D eigenvalue weighted by molar-refractivity contribution is 5.94. The molecule has 1 aliphatic rings. The van der Waals surface area contributed by atoms with Gasteiger partial charge in [-0.1, -0.05) is 23.4 Å². The van der Waals surface area contributed by atoms with Crippen LogP contribution in [-0.4, -0.2) is 46.4 Å². The van der Waals surface area contributed by atoms with Gasteiger partial charge < -0.3 is 19.9 Å². The molecule has 0 aliphatic carbocycles. The molecule has 2 N–H and O–H groups in total. The van der Waals surface area contributed by atoms with Crippen LogP contribution in [-0.2, 0) is 4.74 Å². The number of pyridine rings is 1. The maximum atomic E-state index is 11.7. The fourth-order valence-electron chi connectivity index (χ4n) is 3.71. The van der Waals surface area contributed by atoms with Gasteiger partial charge in [0.05, 0.1) is 23.7 Å². The fraction of sp³-hybridized carbons (Fsp3) is 0.190. The lowest BCUT2D eigenvalue weighted by atomic mass is 10.1. The Bertz CT molecular complexity index is 1280. The second-order valence-corrected chi connectivity index (χ2v) is 7.09. The zero-order valence-electron chi connectivity index (χ0n) is 16.4. The zero-order valence-corrected chi connectivity index (χ0v) is 16.4. The van der Waals surface area contributed by atoms with Crippen LogP contribution in [0.5, 0.6) is 0 Å². The number of anilines is 2. The molecule has 0 radical (unpaired) electrons. The monoisotopic (exact) mass is 418 g/mol. The van der Waals surface area contributed by atoms with E-state index in [4.69, 9.17) is 15.0 Å². The van der Waals surface area contributed by atoms with Crippen molar-refractivity contribution < 1.29 is 14.2 Å². The molecule has 3 heterocycles. The minimum Gasteiger partial charge on any atom is -0.384 e. The Kier molecular flexibility index (Phi) is 4.68. The van der Waals surface area contributed by atoms with Crippen LogP contribution in [0.1, 0.15) is 0 Å². The molecule has 0 unspecified atom stereocenters. The number of hydrogen-bond acceptors (Lipinski definition) is 9. The van der Waals surface area contributed by atoms with Crippen LogP contribution < -0.4 is 10.6 Å². The number of nitro benzene ring substituents is 1. The molecule has 156 valence electrons. The summed E-state index contributed by atoms with van der Waals surface area (Å²) in [4.78, 5) is 22.0. The van der Waals surface area contributed by atoms with Crippen LogP contribution in [0.4, 0.5) is 17.2 Å². The number of nitrogens with zero attached hydrogens (tertiary/aromatic N) is 5. The Labute approximate surface area is 176 Å². The second-order valence-electron chi connectivity index (χ2n) is 7.09. The van der Waals surface area contributed by atoms with Crippen molar-refractivity contribution in [3.8, 4) is 22.8 Å². The van der Waals surface area contributed by atoms with Gasteiger partial charge in [-0.3, -0.25) is 10.1 Å². The first kappa shape index (κ1) is 18.9. The zero-order chi connectivity index (χ0) is 21.4. The maximum Gasteiger partial charge on any atom is 0.293 e. The molecule has 31 heavy (non-hydrogen) atoms. The molecule has 10 nitrogen and oxygen atoms in total. The van der Waals surface area contributed by atoms with E-state index in [0.717, 1.165) is 5.39 Å². The lowest BCUT2D eigenvalue weighted by Crippen LogP contribution is -2.36. The molecule has 0 atom stereocenters. The molecule has 4 aromatic rings. The van der Waals surface area contributed by atoms with Crippen molar-refractivity contribution in [2.45, 2.75) is 0 Å². The van der Waals surface area contributed by atoms with Gasteiger partial charge >= 0.3 is 0 Å². The lowest BCUT2D eigenvalue weighted by Gasteiger charge is -2.28. The van der Waals surface area contributed by atoms with E-state index in [0.29, 0.717) is 60.3 Å². The van der Waals surface area contributed by atoms with Crippen molar-refractivity contribution in [3.05, 3.63) is 58.6 Å². The molecule has 1 aliphatic heterocycles. The summed E-state index contributed by atoms with van der Waals surface area (Å²) < 4.78 is 10.8. The normalized spacial score (nSPS) is 14.1. The Balaban J connectivity index is 1.54. The SMILES string of the molecule is Nc1cc(-c2noc(-c3ccc(N4CCOCC4)c([N+](=O)[O-])c3)n2)c2ccccc2n1. The third kappa shape index (κ3) is 3.53. The highest BCUT2D eigenvalue weighted by atomic mass is 16.6. The first-order valence-corrected chi connectivity index (χ1v) is 9.71. The van der Waals surface area contributed by atoms with Gasteiger partial charge in [0, 0.05) is 35.7 Å². The summed E-state index contributed by atoms with van der Waals surface area (Å²) in [6.07, 6.45) is 0. The Morgan fingerprint density at radius 1 is 1.06 bits per heavy atom. The van der Waals surface area contributed by atoms with Gasteiger partial charge in [0.1, 0.15) is 11.5 Å². The van der Waals surface area contributed by atoms with Gasteiger partial charge in [-0.2, -0.15) is 4.98 Å². The third-order valence-electron chi connectivity index (χ3n) is 5.17. The summed E-state index contributed by atoms with van der Waals surface area (Å²) in [7, 11) is 0. The summed E-state index contributed by atoms with van der Waals surface area (Å²) >= 11 is 0. The Morgan fingerprint density at radius 2 is 1.87 bits per heavy atom. The minimum atomic E-state index is -0.400. The lowest BCUT2D eigenvalue weighted by molar-refractivity contribution is -0.384. The highest BCUT2D eigenvalue weighted by Crippen LogP contribution is 2.34. The van der Waals surface area contributed by atoms with E-state index in [9.17, 15) is 10.1 Å². The quantitative estimate of drug-likeness (QED) is 0.391. The van der Waals surface area contributed by atoms with Crippen LogP contribution in [0.3, 0.4) is 0 Å². The maximum absolute atomic E-state index is 11.7. The predicted octanol–water partition coefficient (Wildman–Crippen LogP) is 3.28. The topological polar surface area (TPSA) is 133 Å². The van der Waals surface area contributed by atoms with Gasteiger partial charge in [0.15, 0.2) is 0 Å². The van der Waals surface area contributed by atoms with Gasteiger partial charge in [-0.25, -0.2) is 4.98 Å². The Morgan fingerprint density at radius 3 is 2.68 bits per heavy atom. The number of ether oxygens (including phenoxy) is 1. The standard InChI is InChI=1S/C21H18N6O4/c22-19-12-15(14-3-1-2-4-16(14)23-19)20-24-21(31-25-20)13-5-6-17(18(11-13)27(28)29)26-7-9-30-10-8-26/h1-6,11-12H,7-10H2,(H2,22,23). The summed E-state index contributed by atoms with van der Waals surface area (Å²) in [6, 6.07) is 14.1. The van der Waals surface area contributed by atoms with Crippen LogP contribution in [0.15, 0.2) is 53.1 Å². The molecule has 5 rings (SSSR count). The van der Waals surface area contributed by atoms with E-state index < -0.39 is 4.92 Å². The van der Waals surface area contributed by atoms with E-state index in [1.165, 1.54) is 6.07 Å². The molecule has 10 heteroatoms. The largest absolute Gasteiger partial charge is 0.384 e. The average Bonchev–Trinajstić information content (AvgIpc) is 3.29. The number of benzene rings is 2. The Hall–Kier alpha value is -4.05. The van der Waals surface area contributed by atoms with Crippen LogP contribution in [0.25, 0.3) is 33.7 Å². The first-order valence-electron chi connectivity index (χ1n) is 9.71. The molecule has 1 saturated heterocycles. The minimum absolute atomic E-state index is 0.0160. The third-order valence-corrected chi connectivity index (χ3v) is 5.17. The molecule has 0 saturated carbocycles. The van der Waals surface area contributed by atoms with E-state index in [1.807, 2.05) is 29.2 Å². The summed E-state index contributed by atoms with van der Waals surface area (Å²) in [5, 5.41) is 16.6. The fourth-order valence-corrected chi connectivity index (χ4v) is 3.71. The van der Waals surface area contributed by atoms with Gasteiger partial charge in [-0.15, -0.1) is 0 Å². The molecular weight excluding hydrogens is 400 g/mol. The van der Waals surface area contributed by atoms with Crippen molar-refractivity contribution in [1.29, 1.82) is 0 Å². The van der Waals surface area contributed by atoms with Crippen molar-refractivity contribution >= 4 is 28.1 Å². The number of morpholine rings is 1. The molecule has 2 aromatic carbocycles. The number of nitro groups is 1. The number of para-hydroxylation sites is 1. The average molecular weight is 418 g/mol. The summed E-state index contributed by atoms with van der Waals surface area (Å²) in [6.45, 7) is 2.27. The number of hydrogen-bond donors (Lipinski definition) is 1. The van der Waals surface area contributed by atoms with E-state index >= 15 is 0 Å². The number of rotatable bonds is 4. The molecule has 0 spiro atoms. The predicted molar refractivity (Wildman–Crippen MR) is 115 cm³/mol. The van der Waals surface area contributed by atoms with Crippen molar-refractivity contribution in [1.82, 2.24) is 15.1 Å². The van der Waals surface area contributed by atoms with Crippen LogP contribution in [0.2, 0.25) is 0 Å². The highest BCUT2D eigenvalue weighted by Gasteiger charge is 2.24. The smallest absolute Gasteiger partial charge is 0.293 e.